The molecule has 0 bridgehead atoms. The van der Waals surface area contributed by atoms with Gasteiger partial charge in [0.2, 0.25) is 0 Å². The topological polar surface area (TPSA) is 15.3 Å². The van der Waals surface area contributed by atoms with Gasteiger partial charge in [0.25, 0.3) is 0 Å². The number of hydrogen-bond acceptors (Lipinski definition) is 2. The van der Waals surface area contributed by atoms with Crippen molar-refractivity contribution in [2.75, 3.05) is 20.1 Å². The van der Waals surface area contributed by atoms with Crippen molar-refractivity contribution in [1.82, 2.24) is 10.4 Å². The molecule has 0 aliphatic heterocycles. The van der Waals surface area contributed by atoms with E-state index in [0.29, 0.717) is 0 Å². The standard InChI is InChI=1S/C9H22N2/c1-5-11(4)10-8-6-7-9(2)3/h9-10H,5-8H2,1-4H3. The quantitative estimate of drug-likeness (QED) is 0.469. The summed E-state index contributed by atoms with van der Waals surface area (Å²) in [6.45, 7) is 8.87. The van der Waals surface area contributed by atoms with Crippen molar-refractivity contribution in [3.63, 3.8) is 0 Å². The molecule has 0 radical (unpaired) electrons. The average molecular weight is 158 g/mol. The van der Waals surface area contributed by atoms with Crippen LogP contribution < -0.4 is 5.43 Å². The Balaban J connectivity index is 3.01. The Morgan fingerprint density at radius 2 is 2.00 bits per heavy atom. The van der Waals surface area contributed by atoms with E-state index < -0.39 is 0 Å². The molecule has 0 heterocycles. The lowest BCUT2D eigenvalue weighted by Crippen LogP contribution is -2.34. The second-order valence-electron chi connectivity index (χ2n) is 3.46. The summed E-state index contributed by atoms with van der Waals surface area (Å²) in [5.41, 5.74) is 3.32. The predicted molar refractivity (Wildman–Crippen MR) is 50.4 cm³/mol. The third-order valence-electron chi connectivity index (χ3n) is 1.81. The van der Waals surface area contributed by atoms with Gasteiger partial charge in [-0.15, -0.1) is 0 Å². The zero-order valence-electron chi connectivity index (χ0n) is 8.35. The first-order valence-electron chi connectivity index (χ1n) is 4.61. The number of nitrogens with one attached hydrogen (secondary N) is 1. The molecule has 1 N–H and O–H groups in total. The lowest BCUT2D eigenvalue weighted by molar-refractivity contribution is 0.243. The number of hydrogen-bond donors (Lipinski definition) is 1. The number of hydrazine groups is 1. The van der Waals surface area contributed by atoms with Gasteiger partial charge in [-0.05, 0) is 18.8 Å². The molecule has 0 atom stereocenters. The van der Waals surface area contributed by atoms with Crippen LogP contribution in [0.3, 0.4) is 0 Å². The summed E-state index contributed by atoms with van der Waals surface area (Å²) >= 11 is 0. The molecule has 0 saturated carbocycles. The van der Waals surface area contributed by atoms with E-state index in [0.717, 1.165) is 19.0 Å². The fourth-order valence-electron chi connectivity index (χ4n) is 0.892. The molecule has 0 aliphatic carbocycles. The van der Waals surface area contributed by atoms with Gasteiger partial charge in [0.05, 0.1) is 0 Å². The van der Waals surface area contributed by atoms with Gasteiger partial charge >= 0.3 is 0 Å². The molecular formula is C9H22N2. The molecule has 0 saturated heterocycles. The van der Waals surface area contributed by atoms with Crippen molar-refractivity contribution in [2.24, 2.45) is 5.92 Å². The van der Waals surface area contributed by atoms with Crippen LogP contribution >= 0.6 is 0 Å². The van der Waals surface area contributed by atoms with Gasteiger partial charge < -0.3 is 0 Å². The van der Waals surface area contributed by atoms with Crippen molar-refractivity contribution in [3.8, 4) is 0 Å². The second-order valence-corrected chi connectivity index (χ2v) is 3.46. The molecule has 0 aromatic rings. The molecule has 0 amide bonds. The summed E-state index contributed by atoms with van der Waals surface area (Å²) < 4.78 is 0. The van der Waals surface area contributed by atoms with Gasteiger partial charge in [-0.3, -0.25) is 5.43 Å². The fourth-order valence-corrected chi connectivity index (χ4v) is 0.892. The Kier molecular flexibility index (Phi) is 6.57. The van der Waals surface area contributed by atoms with Gasteiger partial charge in [-0.2, -0.15) is 0 Å². The van der Waals surface area contributed by atoms with Crippen LogP contribution in [0.1, 0.15) is 33.6 Å². The van der Waals surface area contributed by atoms with E-state index >= 15 is 0 Å². The Labute approximate surface area is 70.9 Å². The van der Waals surface area contributed by atoms with Gasteiger partial charge in [0.1, 0.15) is 0 Å². The SMILES string of the molecule is CCN(C)NCCCC(C)C. The maximum atomic E-state index is 3.32. The maximum Gasteiger partial charge on any atom is 0.0102 e. The van der Waals surface area contributed by atoms with Crippen LogP contribution in [0.25, 0.3) is 0 Å². The normalized spacial score (nSPS) is 11.5. The smallest absolute Gasteiger partial charge is 0.0102 e. The molecule has 2 heteroatoms. The first-order chi connectivity index (χ1) is 5.16. The summed E-state index contributed by atoms with van der Waals surface area (Å²) in [6, 6.07) is 0. The van der Waals surface area contributed by atoms with Crippen LogP contribution in [-0.4, -0.2) is 25.1 Å². The molecule has 0 spiro atoms. The highest BCUT2D eigenvalue weighted by molar-refractivity contribution is 4.48. The number of nitrogens with zero attached hydrogens (tertiary/aromatic N) is 1. The average Bonchev–Trinajstić information content (AvgIpc) is 1.97. The Hall–Kier alpha value is -0.0800. The maximum absolute atomic E-state index is 3.32. The molecule has 0 fully saturated rings. The zero-order valence-corrected chi connectivity index (χ0v) is 8.35. The van der Waals surface area contributed by atoms with Crippen molar-refractivity contribution in [3.05, 3.63) is 0 Å². The Morgan fingerprint density at radius 1 is 1.36 bits per heavy atom. The van der Waals surface area contributed by atoms with E-state index in [2.05, 4.69) is 38.3 Å². The predicted octanol–water partition coefficient (Wildman–Crippen LogP) is 1.88. The summed E-state index contributed by atoms with van der Waals surface area (Å²) in [7, 11) is 2.08. The minimum atomic E-state index is 0.837. The molecule has 2 nitrogen and oxygen atoms in total. The van der Waals surface area contributed by atoms with Gasteiger partial charge in [-0.25, -0.2) is 5.01 Å². The Bertz CT molecular complexity index is 81.6. The van der Waals surface area contributed by atoms with E-state index in [1.54, 1.807) is 0 Å². The summed E-state index contributed by atoms with van der Waals surface area (Å²) in [6.07, 6.45) is 2.60. The van der Waals surface area contributed by atoms with E-state index in [4.69, 9.17) is 0 Å². The Morgan fingerprint density at radius 3 is 2.45 bits per heavy atom. The third kappa shape index (κ3) is 7.82. The van der Waals surface area contributed by atoms with Crippen molar-refractivity contribution < 1.29 is 0 Å². The highest BCUT2D eigenvalue weighted by Crippen LogP contribution is 2.01. The number of rotatable bonds is 6. The zero-order chi connectivity index (χ0) is 8.69. The lowest BCUT2D eigenvalue weighted by atomic mass is 10.1. The van der Waals surface area contributed by atoms with Crippen molar-refractivity contribution >= 4 is 0 Å². The van der Waals surface area contributed by atoms with Crippen molar-refractivity contribution in [2.45, 2.75) is 33.6 Å². The van der Waals surface area contributed by atoms with E-state index in [9.17, 15) is 0 Å². The minimum Gasteiger partial charge on any atom is -0.255 e. The monoisotopic (exact) mass is 158 g/mol. The lowest BCUT2D eigenvalue weighted by Gasteiger charge is -2.15. The molecule has 0 aromatic carbocycles. The van der Waals surface area contributed by atoms with Crippen LogP contribution in [0.2, 0.25) is 0 Å². The highest BCUT2D eigenvalue weighted by Gasteiger charge is 1.94. The molecule has 0 aromatic heterocycles. The largest absolute Gasteiger partial charge is 0.255 e. The summed E-state index contributed by atoms with van der Waals surface area (Å²) in [4.78, 5) is 0. The molecule has 68 valence electrons. The van der Waals surface area contributed by atoms with E-state index in [-0.39, 0.29) is 0 Å². The van der Waals surface area contributed by atoms with Crippen LogP contribution in [-0.2, 0) is 0 Å². The molecule has 0 unspecified atom stereocenters. The van der Waals surface area contributed by atoms with Gasteiger partial charge in [-0.1, -0.05) is 20.8 Å². The third-order valence-corrected chi connectivity index (χ3v) is 1.81. The minimum absolute atomic E-state index is 0.837. The van der Waals surface area contributed by atoms with Crippen LogP contribution in [0.5, 0.6) is 0 Å². The first-order valence-corrected chi connectivity index (χ1v) is 4.61. The fraction of sp³-hybridized carbons (Fsp3) is 1.00. The van der Waals surface area contributed by atoms with Crippen LogP contribution in [0, 0.1) is 5.92 Å². The van der Waals surface area contributed by atoms with Gasteiger partial charge in [0, 0.05) is 20.1 Å². The van der Waals surface area contributed by atoms with Crippen LogP contribution in [0.15, 0.2) is 0 Å². The highest BCUT2D eigenvalue weighted by atomic mass is 15.5. The van der Waals surface area contributed by atoms with Crippen LogP contribution in [0.4, 0.5) is 0 Å². The molecule has 0 aliphatic rings. The van der Waals surface area contributed by atoms with Gasteiger partial charge in [0.15, 0.2) is 0 Å². The first kappa shape index (κ1) is 10.9. The molecule has 11 heavy (non-hydrogen) atoms. The van der Waals surface area contributed by atoms with Crippen molar-refractivity contribution in [1.29, 1.82) is 0 Å². The summed E-state index contributed by atoms with van der Waals surface area (Å²) in [5, 5.41) is 2.13. The second kappa shape index (κ2) is 6.62. The molecule has 0 rings (SSSR count). The summed E-state index contributed by atoms with van der Waals surface area (Å²) in [5.74, 6) is 0.837. The molecular weight excluding hydrogens is 136 g/mol. The van der Waals surface area contributed by atoms with E-state index in [1.165, 1.54) is 12.8 Å². The van der Waals surface area contributed by atoms with E-state index in [1.807, 2.05) is 0 Å².